The van der Waals surface area contributed by atoms with E-state index >= 15 is 0 Å². The second kappa shape index (κ2) is 6.78. The summed E-state index contributed by atoms with van der Waals surface area (Å²) in [7, 11) is 4.18. The van der Waals surface area contributed by atoms with Gasteiger partial charge >= 0.3 is 0 Å². The summed E-state index contributed by atoms with van der Waals surface area (Å²) in [5, 5.41) is 10.1. The molecule has 0 radical (unpaired) electrons. The van der Waals surface area contributed by atoms with Crippen molar-refractivity contribution in [3.63, 3.8) is 0 Å². The molecule has 1 heterocycles. The van der Waals surface area contributed by atoms with Gasteiger partial charge in [0.05, 0.1) is 11.5 Å². The molecule has 3 heteroatoms. The average molecular weight is 322 g/mol. The van der Waals surface area contributed by atoms with Crippen LogP contribution in [-0.2, 0) is 11.8 Å². The molecule has 1 aliphatic rings. The highest BCUT2D eigenvalue weighted by Crippen LogP contribution is 2.46. The standard InChI is InChI=1S/C20H22N2S/c1-22(2)13-7-12-20(15-21)14-16-8-3-5-10-18(16)23-19-11-6-4-9-17(19)20/h3-6,8-11H,7,12-14H2,1-2H3. The third-order valence-corrected chi connectivity index (χ3v) is 5.70. The Balaban J connectivity index is 2.04. The van der Waals surface area contributed by atoms with Crippen LogP contribution in [-0.4, -0.2) is 25.5 Å². The van der Waals surface area contributed by atoms with Gasteiger partial charge in [-0.25, -0.2) is 0 Å². The summed E-state index contributed by atoms with van der Waals surface area (Å²) >= 11 is 1.80. The van der Waals surface area contributed by atoms with Crippen molar-refractivity contribution in [3.8, 4) is 6.07 Å². The first kappa shape index (κ1) is 16.1. The normalized spacial score (nSPS) is 19.6. The minimum Gasteiger partial charge on any atom is -0.309 e. The zero-order valence-electron chi connectivity index (χ0n) is 13.7. The van der Waals surface area contributed by atoms with Gasteiger partial charge in [-0.3, -0.25) is 0 Å². The van der Waals surface area contributed by atoms with Gasteiger partial charge in [0.2, 0.25) is 0 Å². The Morgan fingerprint density at radius 3 is 2.52 bits per heavy atom. The predicted molar refractivity (Wildman–Crippen MR) is 95.8 cm³/mol. The van der Waals surface area contributed by atoms with Crippen LogP contribution < -0.4 is 0 Å². The van der Waals surface area contributed by atoms with Crippen molar-refractivity contribution >= 4 is 11.8 Å². The largest absolute Gasteiger partial charge is 0.309 e. The van der Waals surface area contributed by atoms with E-state index in [1.165, 1.54) is 20.9 Å². The molecule has 0 saturated heterocycles. The van der Waals surface area contributed by atoms with E-state index in [1.54, 1.807) is 11.8 Å². The van der Waals surface area contributed by atoms with E-state index in [-0.39, 0.29) is 0 Å². The maximum Gasteiger partial charge on any atom is 0.0874 e. The average Bonchev–Trinajstić information content (AvgIpc) is 2.69. The lowest BCUT2D eigenvalue weighted by molar-refractivity contribution is 0.364. The first-order chi connectivity index (χ1) is 11.1. The molecule has 2 aromatic carbocycles. The van der Waals surface area contributed by atoms with Gasteiger partial charge in [0.1, 0.15) is 0 Å². The highest BCUT2D eigenvalue weighted by atomic mass is 32.2. The van der Waals surface area contributed by atoms with Crippen molar-refractivity contribution < 1.29 is 0 Å². The van der Waals surface area contributed by atoms with Crippen molar-refractivity contribution in [1.29, 1.82) is 5.26 Å². The maximum atomic E-state index is 10.1. The van der Waals surface area contributed by atoms with Gasteiger partial charge in [-0.2, -0.15) is 5.26 Å². The molecular weight excluding hydrogens is 300 g/mol. The lowest BCUT2D eigenvalue weighted by Gasteiger charge is -2.28. The fourth-order valence-electron chi connectivity index (χ4n) is 3.32. The van der Waals surface area contributed by atoms with Gasteiger partial charge in [-0.1, -0.05) is 48.2 Å². The van der Waals surface area contributed by atoms with E-state index in [0.717, 1.165) is 25.8 Å². The lowest BCUT2D eigenvalue weighted by Crippen LogP contribution is -2.29. The number of hydrogen-bond acceptors (Lipinski definition) is 3. The number of fused-ring (bicyclic) bond motifs is 2. The third kappa shape index (κ3) is 3.29. The first-order valence-electron chi connectivity index (χ1n) is 8.06. The van der Waals surface area contributed by atoms with Crippen molar-refractivity contribution in [3.05, 3.63) is 59.7 Å². The Kier molecular flexibility index (Phi) is 4.75. The molecule has 1 unspecified atom stereocenters. The van der Waals surface area contributed by atoms with Crippen LogP contribution in [0, 0.1) is 11.3 Å². The van der Waals surface area contributed by atoms with Gasteiger partial charge in [-0.15, -0.1) is 0 Å². The number of nitrogens with zero attached hydrogens (tertiary/aromatic N) is 2. The van der Waals surface area contributed by atoms with Crippen molar-refractivity contribution in [2.75, 3.05) is 20.6 Å². The van der Waals surface area contributed by atoms with Crippen LogP contribution in [0.5, 0.6) is 0 Å². The Morgan fingerprint density at radius 2 is 1.78 bits per heavy atom. The molecule has 0 bridgehead atoms. The summed E-state index contributed by atoms with van der Waals surface area (Å²) in [6.45, 7) is 1.01. The molecule has 0 amide bonds. The second-order valence-electron chi connectivity index (χ2n) is 6.48. The zero-order valence-corrected chi connectivity index (χ0v) is 14.6. The number of hydrogen-bond donors (Lipinski definition) is 0. The first-order valence-corrected chi connectivity index (χ1v) is 8.87. The molecule has 2 nitrogen and oxygen atoms in total. The maximum absolute atomic E-state index is 10.1. The van der Waals surface area contributed by atoms with E-state index in [9.17, 15) is 5.26 Å². The highest BCUT2D eigenvalue weighted by Gasteiger charge is 2.37. The van der Waals surface area contributed by atoms with Crippen LogP contribution in [0.1, 0.15) is 24.0 Å². The molecule has 0 fully saturated rings. The minimum absolute atomic E-state index is 0.424. The Labute approximate surface area is 143 Å². The summed E-state index contributed by atoms with van der Waals surface area (Å²) in [6.07, 6.45) is 2.73. The molecule has 1 atom stereocenters. The Bertz CT molecular complexity index is 732. The van der Waals surface area contributed by atoms with Crippen LogP contribution in [0.4, 0.5) is 0 Å². The quantitative estimate of drug-likeness (QED) is 0.829. The molecule has 0 saturated carbocycles. The molecule has 0 spiro atoms. The summed E-state index contributed by atoms with van der Waals surface area (Å²) in [5.74, 6) is 0. The number of benzene rings is 2. The molecule has 0 aromatic heterocycles. The molecule has 0 N–H and O–H groups in total. The van der Waals surface area contributed by atoms with Crippen molar-refractivity contribution in [1.82, 2.24) is 4.90 Å². The van der Waals surface area contributed by atoms with E-state index in [4.69, 9.17) is 0 Å². The summed E-state index contributed by atoms with van der Waals surface area (Å²) in [4.78, 5) is 4.70. The van der Waals surface area contributed by atoms with Gasteiger partial charge in [0.25, 0.3) is 0 Å². The number of nitriles is 1. The fourth-order valence-corrected chi connectivity index (χ4v) is 4.49. The van der Waals surface area contributed by atoms with Gasteiger partial charge in [-0.05, 0) is 63.2 Å². The summed E-state index contributed by atoms with van der Waals surface area (Å²) < 4.78 is 0. The van der Waals surface area contributed by atoms with Crippen molar-refractivity contribution in [2.24, 2.45) is 0 Å². The van der Waals surface area contributed by atoms with Gasteiger partial charge < -0.3 is 4.90 Å². The molecule has 2 aromatic rings. The molecule has 118 valence electrons. The monoisotopic (exact) mass is 322 g/mol. The van der Waals surface area contributed by atoms with E-state index < -0.39 is 5.41 Å². The summed E-state index contributed by atoms with van der Waals surface area (Å²) in [6, 6.07) is 19.6. The van der Waals surface area contributed by atoms with E-state index in [2.05, 4.69) is 73.6 Å². The van der Waals surface area contributed by atoms with Crippen LogP contribution in [0.2, 0.25) is 0 Å². The highest BCUT2D eigenvalue weighted by molar-refractivity contribution is 7.99. The summed E-state index contributed by atoms with van der Waals surface area (Å²) in [5.41, 5.74) is 2.06. The zero-order chi connectivity index (χ0) is 16.3. The smallest absolute Gasteiger partial charge is 0.0874 e. The van der Waals surface area contributed by atoms with Crippen LogP contribution in [0.25, 0.3) is 0 Å². The molecule has 0 aliphatic carbocycles. The van der Waals surface area contributed by atoms with Crippen LogP contribution in [0.15, 0.2) is 58.3 Å². The molecule has 1 aliphatic heterocycles. The van der Waals surface area contributed by atoms with Gasteiger partial charge in [0.15, 0.2) is 0 Å². The van der Waals surface area contributed by atoms with E-state index in [1.807, 2.05) is 0 Å². The van der Waals surface area contributed by atoms with Crippen LogP contribution >= 0.6 is 11.8 Å². The van der Waals surface area contributed by atoms with Crippen molar-refractivity contribution in [2.45, 2.75) is 34.5 Å². The molecule has 23 heavy (non-hydrogen) atoms. The molecule has 3 rings (SSSR count). The van der Waals surface area contributed by atoms with Gasteiger partial charge in [0, 0.05) is 9.79 Å². The van der Waals surface area contributed by atoms with E-state index in [0.29, 0.717) is 0 Å². The number of rotatable bonds is 4. The van der Waals surface area contributed by atoms with Crippen LogP contribution in [0.3, 0.4) is 0 Å². The minimum atomic E-state index is -0.424. The Morgan fingerprint density at radius 1 is 1.09 bits per heavy atom. The molecular formula is C20H22N2S. The third-order valence-electron chi connectivity index (χ3n) is 4.51. The SMILES string of the molecule is CN(C)CCCC1(C#N)Cc2ccccc2Sc2ccccc21. The second-order valence-corrected chi connectivity index (χ2v) is 7.57. The topological polar surface area (TPSA) is 27.0 Å². The predicted octanol–water partition coefficient (Wildman–Crippen LogP) is 4.50. The fraction of sp³-hybridized carbons (Fsp3) is 0.350. The Hall–Kier alpha value is -1.76. The lowest BCUT2D eigenvalue weighted by atomic mass is 9.73.